The minimum Gasteiger partial charge on any atom is -0.369 e. The molecule has 0 amide bonds. The number of carbonyl (C=O) groups excluding carboxylic acids is 1. The number of benzene rings is 1. The Balaban J connectivity index is 2.17. The van der Waals surface area contributed by atoms with Gasteiger partial charge in [-0.2, -0.15) is 0 Å². The van der Waals surface area contributed by atoms with Crippen molar-refractivity contribution in [2.24, 2.45) is 0 Å². The first kappa shape index (κ1) is 15.2. The summed E-state index contributed by atoms with van der Waals surface area (Å²) in [7, 11) is 0. The molecule has 1 aromatic carbocycles. The van der Waals surface area contributed by atoms with Crippen molar-refractivity contribution >= 4 is 11.6 Å². The smallest absolute Gasteiger partial charge is 0.196 e. The molecule has 21 heavy (non-hydrogen) atoms. The Kier molecular flexibility index (Phi) is 5.50. The molecular weight excluding hydrogens is 260 g/mol. The molecule has 2 rings (SSSR count). The van der Waals surface area contributed by atoms with Gasteiger partial charge in [-0.3, -0.25) is 4.79 Å². The summed E-state index contributed by atoms with van der Waals surface area (Å²) >= 11 is 0. The van der Waals surface area contributed by atoms with Gasteiger partial charge in [0.15, 0.2) is 5.78 Å². The third-order valence-corrected chi connectivity index (χ3v) is 3.41. The van der Waals surface area contributed by atoms with Crippen molar-refractivity contribution in [1.82, 2.24) is 4.98 Å². The predicted octanol–water partition coefficient (Wildman–Crippen LogP) is 4.22. The van der Waals surface area contributed by atoms with Crippen LogP contribution in [0.25, 0.3) is 0 Å². The fourth-order valence-electron chi connectivity index (χ4n) is 2.25. The van der Waals surface area contributed by atoms with E-state index in [2.05, 4.69) is 17.2 Å². The summed E-state index contributed by atoms with van der Waals surface area (Å²) in [4.78, 5) is 16.9. The zero-order valence-corrected chi connectivity index (χ0v) is 12.7. The number of nitrogens with one attached hydrogen (secondary N) is 1. The second kappa shape index (κ2) is 7.58. The number of unbranched alkanes of at least 4 members (excludes halogenated alkanes) is 2. The highest BCUT2D eigenvalue weighted by atomic mass is 16.1. The molecule has 3 nitrogen and oxygen atoms in total. The number of aromatic nitrogens is 1. The highest BCUT2D eigenvalue weighted by Gasteiger charge is 2.14. The lowest BCUT2D eigenvalue weighted by atomic mass is 10.0. The SMILES string of the molecule is CCCCCNc1ncccc1C(=O)c1cccc(C)c1. The van der Waals surface area contributed by atoms with Gasteiger partial charge >= 0.3 is 0 Å². The first-order valence-electron chi connectivity index (χ1n) is 7.52. The number of nitrogens with zero attached hydrogens (tertiary/aromatic N) is 1. The molecule has 0 fully saturated rings. The van der Waals surface area contributed by atoms with Crippen molar-refractivity contribution < 1.29 is 4.79 Å². The van der Waals surface area contributed by atoms with Crippen molar-refractivity contribution in [3.63, 3.8) is 0 Å². The van der Waals surface area contributed by atoms with Gasteiger partial charge in [0.2, 0.25) is 0 Å². The third-order valence-electron chi connectivity index (χ3n) is 3.41. The number of pyridine rings is 1. The van der Waals surface area contributed by atoms with E-state index in [4.69, 9.17) is 0 Å². The summed E-state index contributed by atoms with van der Waals surface area (Å²) in [6.07, 6.45) is 5.17. The molecule has 0 aliphatic carbocycles. The van der Waals surface area contributed by atoms with E-state index < -0.39 is 0 Å². The Labute approximate surface area is 126 Å². The van der Waals surface area contributed by atoms with Crippen molar-refractivity contribution in [1.29, 1.82) is 0 Å². The molecule has 0 aliphatic rings. The molecule has 3 heteroatoms. The van der Waals surface area contributed by atoms with Crippen LogP contribution in [0.4, 0.5) is 5.82 Å². The summed E-state index contributed by atoms with van der Waals surface area (Å²) < 4.78 is 0. The van der Waals surface area contributed by atoms with Crippen LogP contribution in [-0.4, -0.2) is 17.3 Å². The van der Waals surface area contributed by atoms with Gasteiger partial charge in [0, 0.05) is 18.3 Å². The molecule has 0 aliphatic heterocycles. The molecule has 0 saturated carbocycles. The Hall–Kier alpha value is -2.16. The van der Waals surface area contributed by atoms with E-state index >= 15 is 0 Å². The van der Waals surface area contributed by atoms with Crippen molar-refractivity contribution in [2.45, 2.75) is 33.1 Å². The van der Waals surface area contributed by atoms with Crippen molar-refractivity contribution in [2.75, 3.05) is 11.9 Å². The van der Waals surface area contributed by atoms with Crippen LogP contribution in [0.1, 0.15) is 47.7 Å². The molecule has 2 aromatic rings. The fraction of sp³-hybridized carbons (Fsp3) is 0.333. The predicted molar refractivity (Wildman–Crippen MR) is 86.9 cm³/mol. The second-order valence-corrected chi connectivity index (χ2v) is 5.23. The minimum absolute atomic E-state index is 0.0183. The van der Waals surface area contributed by atoms with Gasteiger partial charge in [0.1, 0.15) is 5.82 Å². The zero-order valence-electron chi connectivity index (χ0n) is 12.7. The highest BCUT2D eigenvalue weighted by molar-refractivity contribution is 6.11. The van der Waals surface area contributed by atoms with Gasteiger partial charge in [-0.25, -0.2) is 4.98 Å². The fourth-order valence-corrected chi connectivity index (χ4v) is 2.25. The molecule has 0 spiro atoms. The van der Waals surface area contributed by atoms with Crippen LogP contribution in [0, 0.1) is 6.92 Å². The quantitative estimate of drug-likeness (QED) is 0.610. The summed E-state index contributed by atoms with van der Waals surface area (Å²) in [6.45, 7) is 5.01. The summed E-state index contributed by atoms with van der Waals surface area (Å²) in [6, 6.07) is 11.3. The van der Waals surface area contributed by atoms with Crippen LogP contribution in [0.15, 0.2) is 42.6 Å². The number of carbonyl (C=O) groups is 1. The van der Waals surface area contributed by atoms with Crippen LogP contribution in [0.5, 0.6) is 0 Å². The third kappa shape index (κ3) is 4.15. The minimum atomic E-state index is 0.0183. The Morgan fingerprint density at radius 1 is 1.19 bits per heavy atom. The van der Waals surface area contributed by atoms with Gasteiger partial charge in [-0.1, -0.05) is 43.5 Å². The van der Waals surface area contributed by atoms with E-state index in [0.29, 0.717) is 16.9 Å². The Bertz CT molecular complexity index is 608. The number of hydrogen-bond acceptors (Lipinski definition) is 3. The zero-order chi connectivity index (χ0) is 15.1. The van der Waals surface area contributed by atoms with Crippen LogP contribution < -0.4 is 5.32 Å². The average Bonchev–Trinajstić information content (AvgIpc) is 2.51. The monoisotopic (exact) mass is 282 g/mol. The van der Waals surface area contributed by atoms with Gasteiger partial charge in [-0.15, -0.1) is 0 Å². The van der Waals surface area contributed by atoms with Gasteiger partial charge in [0.25, 0.3) is 0 Å². The number of aryl methyl sites for hydroxylation is 1. The second-order valence-electron chi connectivity index (χ2n) is 5.23. The van der Waals surface area contributed by atoms with Crippen LogP contribution in [-0.2, 0) is 0 Å². The van der Waals surface area contributed by atoms with Crippen LogP contribution >= 0.6 is 0 Å². The first-order chi connectivity index (χ1) is 10.2. The molecule has 0 radical (unpaired) electrons. The average molecular weight is 282 g/mol. The van der Waals surface area contributed by atoms with E-state index in [1.54, 1.807) is 12.3 Å². The highest BCUT2D eigenvalue weighted by Crippen LogP contribution is 2.17. The van der Waals surface area contributed by atoms with E-state index in [9.17, 15) is 4.79 Å². The topological polar surface area (TPSA) is 42.0 Å². The maximum Gasteiger partial charge on any atom is 0.196 e. The van der Waals surface area contributed by atoms with Gasteiger partial charge in [-0.05, 0) is 31.5 Å². The molecular formula is C18H22N2O. The normalized spacial score (nSPS) is 10.4. The van der Waals surface area contributed by atoms with Gasteiger partial charge < -0.3 is 5.32 Å². The molecule has 0 unspecified atom stereocenters. The summed E-state index contributed by atoms with van der Waals surface area (Å²) in [5.41, 5.74) is 2.43. The van der Waals surface area contributed by atoms with E-state index in [1.165, 1.54) is 12.8 Å². The van der Waals surface area contributed by atoms with Crippen molar-refractivity contribution in [3.05, 3.63) is 59.3 Å². The van der Waals surface area contributed by atoms with Crippen LogP contribution in [0.2, 0.25) is 0 Å². The number of rotatable bonds is 7. The van der Waals surface area contributed by atoms with Crippen molar-refractivity contribution in [3.8, 4) is 0 Å². The molecule has 0 bridgehead atoms. The lowest BCUT2D eigenvalue weighted by Gasteiger charge is -2.10. The lowest BCUT2D eigenvalue weighted by molar-refractivity contribution is 0.103. The number of ketones is 1. The lowest BCUT2D eigenvalue weighted by Crippen LogP contribution is -2.10. The largest absolute Gasteiger partial charge is 0.369 e. The number of hydrogen-bond donors (Lipinski definition) is 1. The molecule has 0 saturated heterocycles. The number of anilines is 1. The maximum atomic E-state index is 12.6. The molecule has 1 N–H and O–H groups in total. The molecule has 0 atom stereocenters. The van der Waals surface area contributed by atoms with E-state index in [-0.39, 0.29) is 5.78 Å². The standard InChI is InChI=1S/C18H22N2O/c1-3-4-5-11-19-18-16(10-7-12-20-18)17(21)15-9-6-8-14(2)13-15/h6-10,12-13H,3-5,11H2,1-2H3,(H,19,20). The molecule has 1 heterocycles. The first-order valence-corrected chi connectivity index (χ1v) is 7.52. The van der Waals surface area contributed by atoms with Crippen LogP contribution in [0.3, 0.4) is 0 Å². The maximum absolute atomic E-state index is 12.6. The Morgan fingerprint density at radius 2 is 2.05 bits per heavy atom. The Morgan fingerprint density at radius 3 is 2.81 bits per heavy atom. The van der Waals surface area contributed by atoms with Gasteiger partial charge in [0.05, 0.1) is 5.56 Å². The van der Waals surface area contributed by atoms with E-state index in [0.717, 1.165) is 18.5 Å². The molecule has 110 valence electrons. The van der Waals surface area contributed by atoms with E-state index in [1.807, 2.05) is 37.3 Å². The summed E-state index contributed by atoms with van der Waals surface area (Å²) in [5, 5.41) is 3.28. The molecule has 1 aromatic heterocycles. The summed E-state index contributed by atoms with van der Waals surface area (Å²) in [5.74, 6) is 0.699.